The van der Waals surface area contributed by atoms with Crippen LogP contribution >= 0.6 is 0 Å². The molecular weight excluding hydrogens is 133 g/mol. The van der Waals surface area contributed by atoms with Crippen molar-refractivity contribution in [3.05, 3.63) is 11.6 Å². The van der Waals surface area contributed by atoms with Crippen molar-refractivity contribution in [3.8, 4) is 0 Å². The Morgan fingerprint density at radius 1 is 1.44 bits per heavy atom. The summed E-state index contributed by atoms with van der Waals surface area (Å²) in [4.78, 5) is 9.61. The van der Waals surface area contributed by atoms with Crippen LogP contribution in [0.5, 0.6) is 0 Å². The van der Waals surface area contributed by atoms with Gasteiger partial charge in [0, 0.05) is 6.08 Å². The molecule has 0 fully saturated rings. The molecule has 4 heteroatoms. The minimum atomic E-state index is -4.37. The zero-order valence-corrected chi connectivity index (χ0v) is 4.70. The standard InChI is InChI=1S/C5H5F3O/c1-4(3-9)2-5(6,7)8/h2-3H,1H3/b4-2+. The molecule has 0 rings (SSSR count). The molecule has 0 aromatic rings. The normalized spacial score (nSPS) is 13.6. The van der Waals surface area contributed by atoms with Gasteiger partial charge in [-0.05, 0) is 12.5 Å². The maximum absolute atomic E-state index is 11.3. The van der Waals surface area contributed by atoms with E-state index in [1.54, 1.807) is 0 Å². The molecule has 0 aliphatic carbocycles. The smallest absolute Gasteiger partial charge is 0.298 e. The molecule has 0 aromatic heterocycles. The third kappa shape index (κ3) is 5.06. The monoisotopic (exact) mass is 138 g/mol. The highest BCUT2D eigenvalue weighted by atomic mass is 19.4. The first-order valence-electron chi connectivity index (χ1n) is 2.17. The second-order valence-electron chi connectivity index (χ2n) is 1.55. The number of rotatable bonds is 1. The van der Waals surface area contributed by atoms with Gasteiger partial charge in [0.05, 0.1) is 0 Å². The Balaban J connectivity index is 4.11. The highest BCUT2D eigenvalue weighted by Gasteiger charge is 2.22. The molecule has 1 nitrogen and oxygen atoms in total. The third-order valence-corrected chi connectivity index (χ3v) is 0.577. The van der Waals surface area contributed by atoms with Crippen molar-refractivity contribution in [2.24, 2.45) is 0 Å². The summed E-state index contributed by atoms with van der Waals surface area (Å²) in [6.07, 6.45) is -4.25. The lowest BCUT2D eigenvalue weighted by Crippen LogP contribution is -2.02. The summed E-state index contributed by atoms with van der Waals surface area (Å²) in [6.45, 7) is 1.10. The summed E-state index contributed by atoms with van der Waals surface area (Å²) in [5.41, 5.74) is -0.317. The molecule has 0 N–H and O–H groups in total. The first-order valence-corrected chi connectivity index (χ1v) is 2.17. The Kier molecular flexibility index (Phi) is 2.42. The fourth-order valence-electron chi connectivity index (χ4n) is 0.292. The number of allylic oxidation sites excluding steroid dienone is 2. The van der Waals surface area contributed by atoms with Gasteiger partial charge in [-0.25, -0.2) is 0 Å². The minimum absolute atomic E-state index is 0.0417. The van der Waals surface area contributed by atoms with Gasteiger partial charge in [-0.15, -0.1) is 0 Å². The molecule has 0 aliphatic heterocycles. The van der Waals surface area contributed by atoms with Crippen molar-refractivity contribution in [3.63, 3.8) is 0 Å². The van der Waals surface area contributed by atoms with Gasteiger partial charge in [0.1, 0.15) is 6.29 Å². The molecular formula is C5H5F3O. The Hall–Kier alpha value is -0.800. The van der Waals surface area contributed by atoms with Crippen LogP contribution in [0.2, 0.25) is 0 Å². The van der Waals surface area contributed by atoms with E-state index in [2.05, 4.69) is 0 Å². The van der Waals surface area contributed by atoms with Crippen molar-refractivity contribution in [1.29, 1.82) is 0 Å². The molecule has 0 heterocycles. The van der Waals surface area contributed by atoms with Crippen molar-refractivity contribution in [1.82, 2.24) is 0 Å². The largest absolute Gasteiger partial charge is 0.410 e. The summed E-state index contributed by atoms with van der Waals surface area (Å²) in [6, 6.07) is 0. The van der Waals surface area contributed by atoms with Gasteiger partial charge in [-0.1, -0.05) is 0 Å². The highest BCUT2D eigenvalue weighted by molar-refractivity contribution is 5.72. The van der Waals surface area contributed by atoms with E-state index in [1.807, 2.05) is 0 Å². The molecule has 0 radical (unpaired) electrons. The van der Waals surface area contributed by atoms with Gasteiger partial charge in [0.2, 0.25) is 0 Å². The summed E-state index contributed by atoms with van der Waals surface area (Å²) in [5.74, 6) is 0. The average Bonchev–Trinajstić information content (AvgIpc) is 1.62. The first kappa shape index (κ1) is 8.20. The van der Waals surface area contributed by atoms with E-state index in [-0.39, 0.29) is 17.9 Å². The van der Waals surface area contributed by atoms with Crippen LogP contribution in [0.1, 0.15) is 6.92 Å². The predicted octanol–water partition coefficient (Wildman–Crippen LogP) is 1.69. The number of alkyl halides is 3. The molecule has 0 saturated carbocycles. The first-order chi connectivity index (χ1) is 3.95. The molecule has 0 amide bonds. The Morgan fingerprint density at radius 2 is 1.89 bits per heavy atom. The lowest BCUT2D eigenvalue weighted by Gasteiger charge is -1.96. The quantitative estimate of drug-likeness (QED) is 0.398. The van der Waals surface area contributed by atoms with E-state index in [4.69, 9.17) is 0 Å². The van der Waals surface area contributed by atoms with Gasteiger partial charge < -0.3 is 0 Å². The fourth-order valence-corrected chi connectivity index (χ4v) is 0.292. The molecule has 0 spiro atoms. The number of hydrogen-bond donors (Lipinski definition) is 0. The maximum atomic E-state index is 11.3. The van der Waals surface area contributed by atoms with Gasteiger partial charge in [0.25, 0.3) is 0 Å². The number of carbonyl (C=O) groups is 1. The van der Waals surface area contributed by atoms with Crippen LogP contribution < -0.4 is 0 Å². The Labute approximate surface area is 50.2 Å². The van der Waals surface area contributed by atoms with E-state index >= 15 is 0 Å². The maximum Gasteiger partial charge on any atom is 0.410 e. The van der Waals surface area contributed by atoms with Crippen LogP contribution in [0.4, 0.5) is 13.2 Å². The summed E-state index contributed by atoms with van der Waals surface area (Å²) in [7, 11) is 0. The molecule has 0 saturated heterocycles. The van der Waals surface area contributed by atoms with E-state index < -0.39 is 6.18 Å². The van der Waals surface area contributed by atoms with E-state index in [9.17, 15) is 18.0 Å². The van der Waals surface area contributed by atoms with Crippen LogP contribution in [0.3, 0.4) is 0 Å². The van der Waals surface area contributed by atoms with Crippen molar-refractivity contribution in [2.45, 2.75) is 13.1 Å². The molecule has 9 heavy (non-hydrogen) atoms. The van der Waals surface area contributed by atoms with Crippen LogP contribution in [-0.4, -0.2) is 12.5 Å². The van der Waals surface area contributed by atoms with Crippen molar-refractivity contribution in [2.75, 3.05) is 0 Å². The van der Waals surface area contributed by atoms with E-state index in [0.29, 0.717) is 0 Å². The van der Waals surface area contributed by atoms with Gasteiger partial charge in [-0.3, -0.25) is 4.79 Å². The molecule has 0 aromatic carbocycles. The minimum Gasteiger partial charge on any atom is -0.298 e. The Morgan fingerprint density at radius 3 is 2.00 bits per heavy atom. The molecule has 0 bridgehead atoms. The molecule has 52 valence electrons. The average molecular weight is 138 g/mol. The lowest BCUT2D eigenvalue weighted by atomic mass is 10.3. The number of carbonyl (C=O) groups excluding carboxylic acids is 1. The summed E-state index contributed by atoms with van der Waals surface area (Å²) >= 11 is 0. The van der Waals surface area contributed by atoms with E-state index in [0.717, 1.165) is 6.92 Å². The molecule has 0 atom stereocenters. The van der Waals surface area contributed by atoms with Crippen LogP contribution in [-0.2, 0) is 4.79 Å². The number of halogens is 3. The predicted molar refractivity (Wildman–Crippen MR) is 25.9 cm³/mol. The fraction of sp³-hybridized carbons (Fsp3) is 0.400. The van der Waals surface area contributed by atoms with Crippen LogP contribution in [0.15, 0.2) is 11.6 Å². The summed E-state index contributed by atoms with van der Waals surface area (Å²) in [5, 5.41) is 0. The molecule has 0 unspecified atom stereocenters. The number of aldehydes is 1. The molecule has 0 aliphatic rings. The third-order valence-electron chi connectivity index (χ3n) is 0.577. The topological polar surface area (TPSA) is 17.1 Å². The second kappa shape index (κ2) is 2.66. The SMILES string of the molecule is C/C(C=O)=C\C(F)(F)F. The van der Waals surface area contributed by atoms with Gasteiger partial charge >= 0.3 is 6.18 Å². The summed E-state index contributed by atoms with van der Waals surface area (Å²) < 4.78 is 33.8. The van der Waals surface area contributed by atoms with E-state index in [1.165, 1.54) is 0 Å². The second-order valence-corrected chi connectivity index (χ2v) is 1.55. The number of hydrogen-bond acceptors (Lipinski definition) is 1. The zero-order chi connectivity index (χ0) is 7.49. The van der Waals surface area contributed by atoms with Crippen LogP contribution in [0.25, 0.3) is 0 Å². The van der Waals surface area contributed by atoms with Crippen molar-refractivity contribution < 1.29 is 18.0 Å². The zero-order valence-electron chi connectivity index (χ0n) is 4.70. The lowest BCUT2D eigenvalue weighted by molar-refractivity contribution is -0.106. The highest BCUT2D eigenvalue weighted by Crippen LogP contribution is 2.17. The van der Waals surface area contributed by atoms with Gasteiger partial charge in [-0.2, -0.15) is 13.2 Å². The Bertz CT molecular complexity index is 134. The van der Waals surface area contributed by atoms with Crippen LogP contribution in [0, 0.1) is 0 Å². The van der Waals surface area contributed by atoms with Gasteiger partial charge in [0.15, 0.2) is 0 Å². The van der Waals surface area contributed by atoms with Crippen molar-refractivity contribution >= 4 is 6.29 Å².